The van der Waals surface area contributed by atoms with Crippen LogP contribution in [-0.2, 0) is 0 Å². The van der Waals surface area contributed by atoms with Crippen LogP contribution in [0.2, 0.25) is 5.02 Å². The molecule has 94 valence electrons. The Balaban J connectivity index is 1.87. The zero-order chi connectivity index (χ0) is 12.3. The van der Waals surface area contributed by atoms with Gasteiger partial charge in [-0.05, 0) is 43.7 Å². The minimum absolute atomic E-state index is 0.0949. The highest BCUT2D eigenvalue weighted by Crippen LogP contribution is 2.29. The smallest absolute Gasteiger partial charge is 0.0739 e. The van der Waals surface area contributed by atoms with Crippen molar-refractivity contribution in [2.24, 2.45) is 5.92 Å². The average molecular weight is 255 g/mol. The second-order valence-electron chi connectivity index (χ2n) is 4.76. The van der Waals surface area contributed by atoms with Crippen LogP contribution >= 0.6 is 11.6 Å². The van der Waals surface area contributed by atoms with Crippen LogP contribution in [0.15, 0.2) is 18.2 Å². The standard InChI is InChI=1S/C13H19ClN2O/c14-11-2-1-3-12(13(11)15)16-8-9-4-6-10(17)7-5-9/h1-3,9-10,16-17H,4-8,15H2. The molecule has 3 nitrogen and oxygen atoms in total. The van der Waals surface area contributed by atoms with E-state index in [1.807, 2.05) is 12.1 Å². The van der Waals surface area contributed by atoms with Gasteiger partial charge in [0.2, 0.25) is 0 Å². The highest BCUT2D eigenvalue weighted by Gasteiger charge is 2.19. The minimum Gasteiger partial charge on any atom is -0.396 e. The summed E-state index contributed by atoms with van der Waals surface area (Å²) in [6.07, 6.45) is 3.89. The topological polar surface area (TPSA) is 58.3 Å². The van der Waals surface area contributed by atoms with Crippen LogP contribution in [0.25, 0.3) is 0 Å². The number of hydrogen-bond donors (Lipinski definition) is 3. The first-order valence-corrected chi connectivity index (χ1v) is 6.50. The van der Waals surface area contributed by atoms with Crippen molar-refractivity contribution in [3.63, 3.8) is 0 Å². The van der Waals surface area contributed by atoms with Crippen LogP contribution in [0.5, 0.6) is 0 Å². The van der Waals surface area contributed by atoms with Gasteiger partial charge in [-0.25, -0.2) is 0 Å². The zero-order valence-corrected chi connectivity index (χ0v) is 10.6. The number of nitrogens with two attached hydrogens (primary N) is 1. The van der Waals surface area contributed by atoms with E-state index < -0.39 is 0 Å². The Bertz CT molecular complexity index is 376. The Kier molecular flexibility index (Phi) is 4.13. The van der Waals surface area contributed by atoms with E-state index in [1.165, 1.54) is 0 Å². The number of aliphatic hydroxyl groups is 1. The minimum atomic E-state index is -0.0949. The van der Waals surface area contributed by atoms with Gasteiger partial charge in [0.15, 0.2) is 0 Å². The molecule has 1 aliphatic carbocycles. The van der Waals surface area contributed by atoms with E-state index in [2.05, 4.69) is 5.32 Å². The van der Waals surface area contributed by atoms with Gasteiger partial charge in [-0.1, -0.05) is 17.7 Å². The number of rotatable bonds is 3. The third-order valence-electron chi connectivity index (χ3n) is 3.45. The Morgan fingerprint density at radius 3 is 2.71 bits per heavy atom. The van der Waals surface area contributed by atoms with Gasteiger partial charge < -0.3 is 16.2 Å². The molecule has 1 aromatic rings. The number of benzene rings is 1. The van der Waals surface area contributed by atoms with Crippen molar-refractivity contribution < 1.29 is 5.11 Å². The fourth-order valence-electron chi connectivity index (χ4n) is 2.29. The largest absolute Gasteiger partial charge is 0.396 e. The second-order valence-corrected chi connectivity index (χ2v) is 5.16. The predicted octanol–water partition coefficient (Wildman–Crippen LogP) is 2.89. The summed E-state index contributed by atoms with van der Waals surface area (Å²) in [4.78, 5) is 0. The summed E-state index contributed by atoms with van der Waals surface area (Å²) in [7, 11) is 0. The van der Waals surface area contributed by atoms with Crippen LogP contribution in [-0.4, -0.2) is 17.8 Å². The van der Waals surface area contributed by atoms with E-state index in [9.17, 15) is 5.11 Å². The molecular weight excluding hydrogens is 236 g/mol. The van der Waals surface area contributed by atoms with Gasteiger partial charge in [-0.2, -0.15) is 0 Å². The first kappa shape index (κ1) is 12.5. The molecule has 0 atom stereocenters. The fraction of sp³-hybridized carbons (Fsp3) is 0.538. The van der Waals surface area contributed by atoms with Gasteiger partial charge in [0, 0.05) is 6.54 Å². The third kappa shape index (κ3) is 3.27. The maximum Gasteiger partial charge on any atom is 0.0739 e. The molecule has 0 saturated heterocycles. The van der Waals surface area contributed by atoms with Crippen LogP contribution < -0.4 is 11.1 Å². The first-order valence-electron chi connectivity index (χ1n) is 6.12. The molecule has 0 bridgehead atoms. The lowest BCUT2D eigenvalue weighted by molar-refractivity contribution is 0.111. The molecule has 0 spiro atoms. The summed E-state index contributed by atoms with van der Waals surface area (Å²) >= 11 is 5.96. The highest BCUT2D eigenvalue weighted by molar-refractivity contribution is 6.33. The summed E-state index contributed by atoms with van der Waals surface area (Å²) in [5, 5.41) is 13.4. The third-order valence-corrected chi connectivity index (χ3v) is 3.78. The van der Waals surface area contributed by atoms with Gasteiger partial charge >= 0.3 is 0 Å². The van der Waals surface area contributed by atoms with E-state index in [0.717, 1.165) is 37.9 Å². The molecule has 0 aliphatic heterocycles. The SMILES string of the molecule is Nc1c(Cl)cccc1NCC1CCC(O)CC1. The van der Waals surface area contributed by atoms with Crippen LogP contribution in [0.3, 0.4) is 0 Å². The van der Waals surface area contributed by atoms with Gasteiger partial charge in [0.1, 0.15) is 0 Å². The summed E-state index contributed by atoms with van der Waals surface area (Å²) < 4.78 is 0. The molecule has 4 N–H and O–H groups in total. The number of nitrogens with one attached hydrogen (secondary N) is 1. The number of aliphatic hydroxyl groups excluding tert-OH is 1. The molecule has 1 fully saturated rings. The molecule has 4 heteroatoms. The molecule has 1 saturated carbocycles. The normalized spacial score (nSPS) is 24.6. The molecule has 2 rings (SSSR count). The first-order chi connectivity index (χ1) is 8.16. The molecular formula is C13H19ClN2O. The highest BCUT2D eigenvalue weighted by atomic mass is 35.5. The molecule has 0 aromatic heterocycles. The molecule has 0 amide bonds. The van der Waals surface area contributed by atoms with Crippen LogP contribution in [0, 0.1) is 5.92 Å². The van der Waals surface area contributed by atoms with Crippen molar-refractivity contribution in [1.29, 1.82) is 0 Å². The lowest BCUT2D eigenvalue weighted by atomic mass is 9.87. The molecule has 1 aromatic carbocycles. The van der Waals surface area contributed by atoms with Gasteiger partial charge in [0.05, 0.1) is 22.5 Å². The van der Waals surface area contributed by atoms with E-state index in [1.54, 1.807) is 6.07 Å². The van der Waals surface area contributed by atoms with Crippen molar-refractivity contribution in [2.45, 2.75) is 31.8 Å². The fourth-order valence-corrected chi connectivity index (χ4v) is 2.47. The van der Waals surface area contributed by atoms with Crippen LogP contribution in [0.4, 0.5) is 11.4 Å². The summed E-state index contributed by atoms with van der Waals surface area (Å²) in [6, 6.07) is 5.63. The summed E-state index contributed by atoms with van der Waals surface area (Å²) in [5.74, 6) is 0.622. The second kappa shape index (κ2) is 5.61. The monoisotopic (exact) mass is 254 g/mol. The Morgan fingerprint density at radius 2 is 2.00 bits per heavy atom. The van der Waals surface area contributed by atoms with Gasteiger partial charge in [-0.15, -0.1) is 0 Å². The van der Waals surface area contributed by atoms with Crippen molar-refractivity contribution in [2.75, 3.05) is 17.6 Å². The van der Waals surface area contributed by atoms with E-state index in [0.29, 0.717) is 16.6 Å². The molecule has 0 heterocycles. The quantitative estimate of drug-likeness (QED) is 0.727. The Morgan fingerprint density at radius 1 is 1.29 bits per heavy atom. The van der Waals surface area contributed by atoms with Crippen molar-refractivity contribution >= 4 is 23.0 Å². The number of halogens is 1. The number of anilines is 2. The van der Waals surface area contributed by atoms with Gasteiger partial charge in [-0.3, -0.25) is 0 Å². The van der Waals surface area contributed by atoms with Crippen LogP contribution in [0.1, 0.15) is 25.7 Å². The van der Waals surface area contributed by atoms with E-state index >= 15 is 0 Å². The van der Waals surface area contributed by atoms with E-state index in [4.69, 9.17) is 17.3 Å². The number of nitrogen functional groups attached to an aromatic ring is 1. The maximum absolute atomic E-state index is 9.43. The predicted molar refractivity (Wildman–Crippen MR) is 72.3 cm³/mol. The Labute approximate surface area is 107 Å². The molecule has 1 aliphatic rings. The number of hydrogen-bond acceptors (Lipinski definition) is 3. The average Bonchev–Trinajstić information content (AvgIpc) is 2.33. The summed E-state index contributed by atoms with van der Waals surface area (Å²) in [6.45, 7) is 0.900. The maximum atomic E-state index is 9.43. The molecule has 0 radical (unpaired) electrons. The lowest BCUT2D eigenvalue weighted by Crippen LogP contribution is -2.23. The zero-order valence-electron chi connectivity index (χ0n) is 9.82. The van der Waals surface area contributed by atoms with E-state index in [-0.39, 0.29) is 6.10 Å². The van der Waals surface area contributed by atoms with Crippen molar-refractivity contribution in [3.05, 3.63) is 23.2 Å². The van der Waals surface area contributed by atoms with Gasteiger partial charge in [0.25, 0.3) is 0 Å². The van der Waals surface area contributed by atoms with Crippen molar-refractivity contribution in [1.82, 2.24) is 0 Å². The van der Waals surface area contributed by atoms with Crippen molar-refractivity contribution in [3.8, 4) is 0 Å². The molecule has 17 heavy (non-hydrogen) atoms. The lowest BCUT2D eigenvalue weighted by Gasteiger charge is -2.26. The molecule has 0 unspecified atom stereocenters. The Hall–Kier alpha value is -0.930. The number of para-hydroxylation sites is 1. The summed E-state index contributed by atoms with van der Waals surface area (Å²) in [5.41, 5.74) is 7.41.